The van der Waals surface area contributed by atoms with Crippen LogP contribution in [0.5, 0.6) is 0 Å². The zero-order valence-electron chi connectivity index (χ0n) is 14.0. The number of halogens is 1. The number of nitro benzene ring substituents is 1. The summed E-state index contributed by atoms with van der Waals surface area (Å²) < 4.78 is 0. The number of hydrogen-bond donors (Lipinski definition) is 3. The van der Waals surface area contributed by atoms with Crippen LogP contribution in [0.15, 0.2) is 18.2 Å². The summed E-state index contributed by atoms with van der Waals surface area (Å²) >= 11 is 11.2. The molecule has 3 N–H and O–H groups in total. The molecule has 0 spiro atoms. The molecule has 136 valence electrons. The maximum Gasteiger partial charge on any atom is 0.271 e. The van der Waals surface area contributed by atoms with Crippen LogP contribution in [0.25, 0.3) is 0 Å². The number of hydrogen-bond acceptors (Lipinski definition) is 4. The van der Waals surface area contributed by atoms with Crippen molar-refractivity contribution in [1.29, 1.82) is 0 Å². The van der Waals surface area contributed by atoms with Crippen molar-refractivity contribution < 1.29 is 9.72 Å². The largest absolute Gasteiger partial charge is 0.358 e. The van der Waals surface area contributed by atoms with Gasteiger partial charge in [-0.1, -0.05) is 38.3 Å². The number of non-ortho nitro benzene ring substituents is 1. The number of amides is 1. The third-order valence-electron chi connectivity index (χ3n) is 4.72. The van der Waals surface area contributed by atoms with E-state index in [1.54, 1.807) is 0 Å². The zero-order chi connectivity index (χ0) is 18.6. The minimum Gasteiger partial charge on any atom is -0.358 e. The molecular weight excluding hydrogens is 364 g/mol. The Bertz CT molecular complexity index is 685. The molecule has 7 nitrogen and oxygen atoms in total. The van der Waals surface area contributed by atoms with Crippen LogP contribution in [0.3, 0.4) is 0 Å². The van der Waals surface area contributed by atoms with Gasteiger partial charge in [0.15, 0.2) is 5.11 Å². The summed E-state index contributed by atoms with van der Waals surface area (Å²) in [5.41, 5.74) is 5.07. The highest BCUT2D eigenvalue weighted by Crippen LogP contribution is 2.29. The van der Waals surface area contributed by atoms with E-state index in [1.807, 2.05) is 0 Å². The Balaban J connectivity index is 1.89. The van der Waals surface area contributed by atoms with Crippen LogP contribution in [0.4, 0.5) is 5.69 Å². The fraction of sp³-hybridized carbons (Fsp3) is 0.500. The van der Waals surface area contributed by atoms with E-state index in [-0.39, 0.29) is 22.3 Å². The van der Waals surface area contributed by atoms with Crippen LogP contribution in [0.1, 0.15) is 43.5 Å². The number of rotatable bonds is 3. The van der Waals surface area contributed by atoms with Gasteiger partial charge in [0.05, 0.1) is 15.5 Å². The Morgan fingerprint density at radius 2 is 2.04 bits per heavy atom. The van der Waals surface area contributed by atoms with Crippen LogP contribution in [-0.2, 0) is 0 Å². The topological polar surface area (TPSA) is 96.3 Å². The minimum atomic E-state index is -0.572. The number of carbonyl (C=O) groups is 1. The van der Waals surface area contributed by atoms with Gasteiger partial charge in [-0.3, -0.25) is 25.8 Å². The zero-order valence-corrected chi connectivity index (χ0v) is 15.6. The second kappa shape index (κ2) is 8.44. The molecule has 1 aliphatic rings. The standard InChI is InChI=1S/C16H21ClN4O3S/c1-9-4-3-5-14(10(9)2)18-16(25)20-19-15(22)12-7-6-11(21(23)24)8-13(12)17/h6-10,14H,3-5H2,1-2H3,(H,19,22)(H2,18,20,25)/t9-,10+,14-/m0/s1. The van der Waals surface area contributed by atoms with E-state index in [4.69, 9.17) is 23.8 Å². The monoisotopic (exact) mass is 384 g/mol. The first kappa shape index (κ1) is 19.4. The SMILES string of the molecule is C[C@H]1[C@@H](NC(=S)NNC(=O)c2ccc([N+](=O)[O-])cc2Cl)CCC[C@@H]1C. The Morgan fingerprint density at radius 1 is 1.32 bits per heavy atom. The van der Waals surface area contributed by atoms with Crippen LogP contribution in [0.2, 0.25) is 5.02 Å². The Morgan fingerprint density at radius 3 is 2.68 bits per heavy atom. The van der Waals surface area contributed by atoms with Gasteiger partial charge in [0, 0.05) is 18.2 Å². The molecule has 3 atom stereocenters. The molecule has 0 heterocycles. The first-order valence-corrected chi connectivity index (χ1v) is 8.89. The lowest BCUT2D eigenvalue weighted by molar-refractivity contribution is -0.384. The van der Waals surface area contributed by atoms with Gasteiger partial charge in [0.1, 0.15) is 0 Å². The van der Waals surface area contributed by atoms with Crippen molar-refractivity contribution in [3.05, 3.63) is 38.9 Å². The molecule has 0 saturated heterocycles. The fourth-order valence-corrected chi connectivity index (χ4v) is 3.44. The summed E-state index contributed by atoms with van der Waals surface area (Å²) in [6.07, 6.45) is 3.40. The molecule has 0 aliphatic heterocycles. The first-order valence-electron chi connectivity index (χ1n) is 8.10. The van der Waals surface area contributed by atoms with Crippen molar-refractivity contribution in [3.63, 3.8) is 0 Å². The molecule has 0 bridgehead atoms. The van der Waals surface area contributed by atoms with Gasteiger partial charge < -0.3 is 5.32 Å². The van der Waals surface area contributed by atoms with Crippen LogP contribution >= 0.6 is 23.8 Å². The summed E-state index contributed by atoms with van der Waals surface area (Å²) in [5.74, 6) is 0.602. The summed E-state index contributed by atoms with van der Waals surface area (Å²) in [7, 11) is 0. The van der Waals surface area contributed by atoms with Gasteiger partial charge in [-0.05, 0) is 36.5 Å². The molecule has 0 unspecified atom stereocenters. The van der Waals surface area contributed by atoms with Gasteiger partial charge in [-0.2, -0.15) is 0 Å². The predicted octanol–water partition coefficient (Wildman–Crippen LogP) is 3.18. The third-order valence-corrected chi connectivity index (χ3v) is 5.25. The highest BCUT2D eigenvalue weighted by molar-refractivity contribution is 7.80. The van der Waals surface area contributed by atoms with Gasteiger partial charge >= 0.3 is 0 Å². The van der Waals surface area contributed by atoms with Crippen molar-refractivity contribution in [3.8, 4) is 0 Å². The van der Waals surface area contributed by atoms with E-state index >= 15 is 0 Å². The lowest BCUT2D eigenvalue weighted by Gasteiger charge is -2.35. The second-order valence-corrected chi connectivity index (χ2v) is 7.16. The molecule has 25 heavy (non-hydrogen) atoms. The first-order chi connectivity index (χ1) is 11.8. The predicted molar refractivity (Wildman–Crippen MR) is 100 cm³/mol. The average molecular weight is 385 g/mol. The third kappa shape index (κ3) is 5.02. The van der Waals surface area contributed by atoms with Crippen molar-refractivity contribution >= 4 is 40.5 Å². The summed E-state index contributed by atoms with van der Waals surface area (Å²) in [6.45, 7) is 4.42. The molecule has 1 aromatic rings. The number of nitro groups is 1. The van der Waals surface area contributed by atoms with Crippen molar-refractivity contribution in [1.82, 2.24) is 16.2 Å². The maximum absolute atomic E-state index is 12.1. The lowest BCUT2D eigenvalue weighted by atomic mass is 9.78. The molecule has 1 aromatic carbocycles. The van der Waals surface area contributed by atoms with Crippen molar-refractivity contribution in [2.45, 2.75) is 39.2 Å². The molecule has 0 radical (unpaired) electrons. The normalized spacial score (nSPS) is 22.8. The molecular formula is C16H21ClN4O3S. The Kier molecular flexibility index (Phi) is 6.55. The van der Waals surface area contributed by atoms with E-state index in [1.165, 1.54) is 18.6 Å². The number of hydrazine groups is 1. The van der Waals surface area contributed by atoms with Crippen molar-refractivity contribution in [2.75, 3.05) is 0 Å². The van der Waals surface area contributed by atoms with E-state index in [0.29, 0.717) is 16.9 Å². The number of carbonyl (C=O) groups excluding carboxylic acids is 1. The van der Waals surface area contributed by atoms with Crippen LogP contribution < -0.4 is 16.2 Å². The number of thiocarbonyl (C=S) groups is 1. The fourth-order valence-electron chi connectivity index (χ4n) is 2.97. The second-order valence-electron chi connectivity index (χ2n) is 6.35. The Hall–Kier alpha value is -1.93. The molecule has 1 saturated carbocycles. The molecule has 0 aromatic heterocycles. The van der Waals surface area contributed by atoms with Crippen LogP contribution in [-0.4, -0.2) is 22.0 Å². The van der Waals surface area contributed by atoms with Gasteiger partial charge in [0.2, 0.25) is 0 Å². The molecule has 9 heteroatoms. The minimum absolute atomic E-state index is 0.00195. The van der Waals surface area contributed by atoms with E-state index in [0.717, 1.165) is 18.9 Å². The van der Waals surface area contributed by atoms with E-state index in [9.17, 15) is 14.9 Å². The van der Waals surface area contributed by atoms with Gasteiger partial charge in [-0.15, -0.1) is 0 Å². The van der Waals surface area contributed by atoms with Gasteiger partial charge in [-0.25, -0.2) is 0 Å². The maximum atomic E-state index is 12.1. The van der Waals surface area contributed by atoms with Gasteiger partial charge in [0.25, 0.3) is 11.6 Å². The smallest absolute Gasteiger partial charge is 0.271 e. The molecule has 1 aliphatic carbocycles. The summed E-state index contributed by atoms with van der Waals surface area (Å²) in [4.78, 5) is 22.3. The number of nitrogens with one attached hydrogen (secondary N) is 3. The van der Waals surface area contributed by atoms with E-state index in [2.05, 4.69) is 30.0 Å². The van der Waals surface area contributed by atoms with E-state index < -0.39 is 10.8 Å². The lowest BCUT2D eigenvalue weighted by Crippen LogP contribution is -2.52. The quantitative estimate of drug-likeness (QED) is 0.420. The molecule has 1 amide bonds. The Labute approximate surface area is 156 Å². The summed E-state index contributed by atoms with van der Waals surface area (Å²) in [5, 5.41) is 14.3. The number of nitrogens with zero attached hydrogens (tertiary/aromatic N) is 1. The average Bonchev–Trinajstić information content (AvgIpc) is 2.56. The number of benzene rings is 1. The highest BCUT2D eigenvalue weighted by atomic mass is 35.5. The molecule has 1 fully saturated rings. The summed E-state index contributed by atoms with van der Waals surface area (Å²) in [6, 6.07) is 3.93. The van der Waals surface area contributed by atoms with Crippen molar-refractivity contribution in [2.24, 2.45) is 11.8 Å². The van der Waals surface area contributed by atoms with Crippen LogP contribution in [0, 0.1) is 22.0 Å². The highest BCUT2D eigenvalue weighted by Gasteiger charge is 2.27. The molecule has 2 rings (SSSR count).